The van der Waals surface area contributed by atoms with Crippen LogP contribution in [0.1, 0.15) is 226 Å². The lowest BCUT2D eigenvalue weighted by molar-refractivity contribution is -0.305. The van der Waals surface area contributed by atoms with Gasteiger partial charge in [0.15, 0.2) is 12.4 Å². The van der Waals surface area contributed by atoms with E-state index in [1.807, 2.05) is 42.5 Å². The summed E-state index contributed by atoms with van der Waals surface area (Å²) in [4.78, 5) is 26.4. The first-order valence-corrected chi connectivity index (χ1v) is 27.6. The van der Waals surface area contributed by atoms with Crippen molar-refractivity contribution in [3.8, 4) is 0 Å². The number of carbonyl (C=O) groups excluding carboxylic acids is 2. The van der Waals surface area contributed by atoms with Gasteiger partial charge in [-0.3, -0.25) is 9.59 Å². The number of amides is 1. The first-order valence-electron chi connectivity index (χ1n) is 27.6. The van der Waals surface area contributed by atoms with E-state index in [0.29, 0.717) is 12.8 Å². The highest BCUT2D eigenvalue weighted by Crippen LogP contribution is 2.26. The summed E-state index contributed by atoms with van der Waals surface area (Å²) in [6.45, 7) is 5.60. The van der Waals surface area contributed by atoms with E-state index >= 15 is 0 Å². The fraction of sp³-hybridized carbons (Fsp3) is 0.789. The molecular formula is C57H101NO10. The van der Waals surface area contributed by atoms with E-state index in [-0.39, 0.29) is 19.4 Å². The van der Waals surface area contributed by atoms with E-state index in [4.69, 9.17) is 14.2 Å². The third-order valence-corrected chi connectivity index (χ3v) is 12.8. The minimum Gasteiger partial charge on any atom is -0.454 e. The number of ether oxygens (including phenoxy) is 3. The summed E-state index contributed by atoms with van der Waals surface area (Å²) in [5.41, 5.74) is 0. The number of hydrogen-bond donors (Lipinski definition) is 6. The molecule has 11 heteroatoms. The van der Waals surface area contributed by atoms with Crippen LogP contribution in [-0.4, -0.2) is 99.6 Å². The third-order valence-electron chi connectivity index (χ3n) is 12.8. The van der Waals surface area contributed by atoms with Gasteiger partial charge in [-0.25, -0.2) is 0 Å². The molecule has 0 bridgehead atoms. The van der Waals surface area contributed by atoms with E-state index in [2.05, 4.69) is 38.2 Å². The molecule has 68 heavy (non-hydrogen) atoms. The van der Waals surface area contributed by atoms with E-state index < -0.39 is 67.4 Å². The van der Waals surface area contributed by atoms with Crippen LogP contribution in [0, 0.1) is 0 Å². The zero-order valence-electron chi connectivity index (χ0n) is 43.2. The largest absolute Gasteiger partial charge is 0.454 e. The molecule has 0 saturated carbocycles. The molecular weight excluding hydrogens is 859 g/mol. The smallest absolute Gasteiger partial charge is 0.306 e. The van der Waals surface area contributed by atoms with Gasteiger partial charge in [-0.1, -0.05) is 236 Å². The quantitative estimate of drug-likeness (QED) is 0.0149. The van der Waals surface area contributed by atoms with Gasteiger partial charge in [0.05, 0.1) is 25.4 Å². The molecule has 1 amide bonds. The Kier molecular flexibility index (Phi) is 42.4. The highest BCUT2D eigenvalue weighted by Gasteiger charge is 2.47. The predicted octanol–water partition coefficient (Wildman–Crippen LogP) is 11.9. The van der Waals surface area contributed by atoms with Crippen molar-refractivity contribution in [2.45, 2.75) is 275 Å². The molecule has 1 aliphatic heterocycles. The van der Waals surface area contributed by atoms with Crippen molar-refractivity contribution in [3.05, 3.63) is 60.8 Å². The van der Waals surface area contributed by atoms with Crippen LogP contribution >= 0.6 is 0 Å². The number of aliphatic hydroxyl groups excluding tert-OH is 5. The van der Waals surface area contributed by atoms with Gasteiger partial charge in [-0.15, -0.1) is 0 Å². The monoisotopic (exact) mass is 960 g/mol. The van der Waals surface area contributed by atoms with Gasteiger partial charge >= 0.3 is 5.97 Å². The SMILES string of the molecule is CC/C=C/C=C/C=C\C=C/CCCCCC(=O)OC1C(OCC(NC(=O)C(O)CCCCCCCCCCCCCCC)C(O)/C=C/CCCCCCCCCCCCC)OC(CO)C(O)C1O. The topological polar surface area (TPSA) is 175 Å². The highest BCUT2D eigenvalue weighted by molar-refractivity contribution is 5.80. The van der Waals surface area contributed by atoms with Crippen LogP contribution in [0.4, 0.5) is 0 Å². The number of esters is 1. The maximum absolute atomic E-state index is 13.3. The first-order chi connectivity index (χ1) is 33.2. The number of aliphatic hydroxyl groups is 5. The van der Waals surface area contributed by atoms with E-state index in [1.165, 1.54) is 116 Å². The van der Waals surface area contributed by atoms with Crippen LogP contribution in [0.3, 0.4) is 0 Å². The maximum Gasteiger partial charge on any atom is 0.306 e. The molecule has 0 spiro atoms. The van der Waals surface area contributed by atoms with Gasteiger partial charge in [0.1, 0.15) is 24.4 Å². The average Bonchev–Trinajstić information content (AvgIpc) is 3.33. The lowest BCUT2D eigenvalue weighted by atomic mass is 9.99. The van der Waals surface area contributed by atoms with Gasteiger partial charge in [0.2, 0.25) is 5.91 Å². The second-order valence-electron chi connectivity index (χ2n) is 19.0. The van der Waals surface area contributed by atoms with Crippen molar-refractivity contribution in [3.63, 3.8) is 0 Å². The molecule has 1 saturated heterocycles. The van der Waals surface area contributed by atoms with Crippen molar-refractivity contribution in [1.29, 1.82) is 0 Å². The van der Waals surface area contributed by atoms with E-state index in [9.17, 15) is 35.1 Å². The number of carbonyl (C=O) groups is 2. The Bertz CT molecular complexity index is 1330. The van der Waals surface area contributed by atoms with Gasteiger partial charge in [-0.2, -0.15) is 0 Å². The summed E-state index contributed by atoms with van der Waals surface area (Å²) in [7, 11) is 0. The molecule has 8 unspecified atom stereocenters. The Morgan fingerprint density at radius 1 is 0.588 bits per heavy atom. The fourth-order valence-electron chi connectivity index (χ4n) is 8.37. The van der Waals surface area contributed by atoms with E-state index in [0.717, 1.165) is 64.2 Å². The molecule has 0 aromatic heterocycles. The number of allylic oxidation sites excluding steroid dienone is 9. The zero-order valence-corrected chi connectivity index (χ0v) is 43.2. The van der Waals surface area contributed by atoms with Crippen LogP contribution < -0.4 is 5.32 Å². The van der Waals surface area contributed by atoms with Gasteiger partial charge in [0.25, 0.3) is 0 Å². The maximum atomic E-state index is 13.3. The lowest BCUT2D eigenvalue weighted by Crippen LogP contribution is -2.61. The molecule has 0 aromatic carbocycles. The molecule has 0 aromatic rings. The average molecular weight is 960 g/mol. The van der Waals surface area contributed by atoms with Gasteiger partial charge in [0, 0.05) is 6.42 Å². The van der Waals surface area contributed by atoms with Crippen LogP contribution in [0.5, 0.6) is 0 Å². The van der Waals surface area contributed by atoms with Crippen molar-refractivity contribution in [1.82, 2.24) is 5.32 Å². The molecule has 394 valence electrons. The second kappa shape index (κ2) is 45.5. The molecule has 8 atom stereocenters. The summed E-state index contributed by atoms with van der Waals surface area (Å²) in [6, 6.07) is -1.03. The Balaban J connectivity index is 2.79. The summed E-state index contributed by atoms with van der Waals surface area (Å²) < 4.78 is 17.5. The molecule has 1 aliphatic rings. The van der Waals surface area contributed by atoms with Crippen LogP contribution in [0.15, 0.2) is 60.8 Å². The zero-order chi connectivity index (χ0) is 49.7. The molecule has 1 fully saturated rings. The normalized spacial score (nSPS) is 20.4. The summed E-state index contributed by atoms with van der Waals surface area (Å²) >= 11 is 0. The lowest BCUT2D eigenvalue weighted by Gasteiger charge is -2.41. The minimum absolute atomic E-state index is 0.0770. The summed E-state index contributed by atoms with van der Waals surface area (Å²) in [5.74, 6) is -1.24. The van der Waals surface area contributed by atoms with Crippen LogP contribution in [-0.2, 0) is 23.8 Å². The fourth-order valence-corrected chi connectivity index (χ4v) is 8.37. The first kappa shape index (κ1) is 63.4. The molecule has 11 nitrogen and oxygen atoms in total. The Hall–Kier alpha value is -2.64. The van der Waals surface area contributed by atoms with Crippen molar-refractivity contribution >= 4 is 11.9 Å². The molecule has 1 rings (SSSR count). The molecule has 1 heterocycles. The summed E-state index contributed by atoms with van der Waals surface area (Å²) in [6.07, 6.45) is 44.1. The number of rotatable bonds is 45. The van der Waals surface area contributed by atoms with Crippen molar-refractivity contribution in [2.24, 2.45) is 0 Å². The third kappa shape index (κ3) is 33.8. The van der Waals surface area contributed by atoms with Crippen LogP contribution in [0.25, 0.3) is 0 Å². The van der Waals surface area contributed by atoms with Gasteiger partial charge < -0.3 is 45.1 Å². The van der Waals surface area contributed by atoms with Crippen LogP contribution in [0.2, 0.25) is 0 Å². The highest BCUT2D eigenvalue weighted by atomic mass is 16.7. The molecule has 6 N–H and O–H groups in total. The minimum atomic E-state index is -1.63. The second-order valence-corrected chi connectivity index (χ2v) is 19.0. The van der Waals surface area contributed by atoms with Crippen molar-refractivity contribution in [2.75, 3.05) is 13.2 Å². The molecule has 0 radical (unpaired) electrons. The van der Waals surface area contributed by atoms with Crippen molar-refractivity contribution < 1.29 is 49.3 Å². The van der Waals surface area contributed by atoms with Gasteiger partial charge in [-0.05, 0) is 44.9 Å². The standard InChI is InChI=1S/C57H101NO10/c1-4-7-10-13-16-19-22-25-28-31-34-37-40-43-49(60)48(58-56(65)50(61)44-41-38-35-32-29-26-23-20-17-14-11-8-5-2)47-66-57-55(54(64)53(63)51(46-59)67-57)68-52(62)45-42-39-36-33-30-27-24-21-18-15-12-9-6-3/h9,12,15,18,21,24,27,30,40,43,48-51,53-55,57,59-61,63-64H,4-8,10-11,13-14,16-17,19-20,22-23,25-26,28-29,31-39,41-42,44-47H2,1-3H3,(H,58,65)/b12-9+,18-15+,24-21-,30-27-,43-40+. The van der Waals surface area contributed by atoms with E-state index in [1.54, 1.807) is 6.08 Å². The number of unbranched alkanes of at least 4 members (excludes halogenated alkanes) is 26. The predicted molar refractivity (Wildman–Crippen MR) is 278 cm³/mol. The Labute approximate surface area is 414 Å². The Morgan fingerprint density at radius 3 is 1.59 bits per heavy atom. The number of nitrogens with one attached hydrogen (secondary N) is 1. The summed E-state index contributed by atoms with van der Waals surface area (Å²) in [5, 5.41) is 56.7. The number of hydrogen-bond acceptors (Lipinski definition) is 10. The molecule has 0 aliphatic carbocycles. The Morgan fingerprint density at radius 2 is 1.06 bits per heavy atom.